The summed E-state index contributed by atoms with van der Waals surface area (Å²) in [5.41, 5.74) is -0.745. The second-order valence-electron chi connectivity index (χ2n) is 10.7. The third-order valence-corrected chi connectivity index (χ3v) is 14.0. The summed E-state index contributed by atoms with van der Waals surface area (Å²) in [5.74, 6) is 0.192. The van der Waals surface area contributed by atoms with Gasteiger partial charge in [0.25, 0.3) is 5.69 Å². The van der Waals surface area contributed by atoms with Gasteiger partial charge in [-0.1, -0.05) is 20.8 Å². The Labute approximate surface area is 202 Å². The summed E-state index contributed by atoms with van der Waals surface area (Å²) >= 11 is 6.13. The van der Waals surface area contributed by atoms with E-state index >= 15 is 0 Å². The fraction of sp³-hybridized carbons (Fsp3) is 0.727. The van der Waals surface area contributed by atoms with E-state index < -0.39 is 35.0 Å². The number of morpholine rings is 1. The van der Waals surface area contributed by atoms with E-state index in [4.69, 9.17) is 20.8 Å². The van der Waals surface area contributed by atoms with Crippen molar-refractivity contribution in [3.8, 4) is 0 Å². The van der Waals surface area contributed by atoms with Crippen molar-refractivity contribution in [3.05, 3.63) is 34.4 Å². The van der Waals surface area contributed by atoms with Crippen molar-refractivity contribution in [1.82, 2.24) is 4.31 Å². The summed E-state index contributed by atoms with van der Waals surface area (Å²) in [6.07, 6.45) is 2.76. The summed E-state index contributed by atoms with van der Waals surface area (Å²) in [6.45, 7) is 11.6. The van der Waals surface area contributed by atoms with Crippen LogP contribution in [0.2, 0.25) is 18.1 Å². The molecule has 1 spiro atoms. The molecule has 1 unspecified atom stereocenters. The molecule has 2 fully saturated rings. The molecule has 0 N–H and O–H groups in total. The number of nitro benzene ring substituents is 1. The molecule has 0 radical (unpaired) electrons. The van der Waals surface area contributed by atoms with Crippen LogP contribution in [0.1, 0.15) is 46.5 Å². The van der Waals surface area contributed by atoms with Gasteiger partial charge in [-0.3, -0.25) is 10.1 Å². The Morgan fingerprint density at radius 2 is 1.82 bits per heavy atom. The maximum absolute atomic E-state index is 13.4. The molecule has 1 heterocycles. The number of alkyl halides is 1. The average molecular weight is 519 g/mol. The van der Waals surface area contributed by atoms with Crippen molar-refractivity contribution in [2.75, 3.05) is 19.0 Å². The van der Waals surface area contributed by atoms with Crippen LogP contribution in [-0.2, 0) is 19.2 Å². The van der Waals surface area contributed by atoms with E-state index in [9.17, 15) is 18.5 Å². The molecule has 2 aliphatic rings. The molecule has 0 amide bonds. The first-order valence-electron chi connectivity index (χ1n) is 11.4. The van der Waals surface area contributed by atoms with E-state index in [0.29, 0.717) is 12.8 Å². The van der Waals surface area contributed by atoms with Gasteiger partial charge in [0, 0.05) is 37.2 Å². The molecule has 0 aromatic heterocycles. The zero-order valence-electron chi connectivity index (χ0n) is 20.0. The van der Waals surface area contributed by atoms with E-state index in [1.165, 1.54) is 28.6 Å². The lowest BCUT2D eigenvalue weighted by molar-refractivity contribution is -0.384. The normalized spacial score (nSPS) is 27.6. The van der Waals surface area contributed by atoms with Gasteiger partial charge >= 0.3 is 0 Å². The molecule has 1 aliphatic heterocycles. The SMILES string of the molecule is CC(C)(C)[Si](C)(C)OC1CCC2(CC1)CN(S(=O)(=O)c1ccc([N+](=O)[O-])cc1)CC(CCl)O2. The molecule has 33 heavy (non-hydrogen) atoms. The molecule has 11 heteroatoms. The maximum atomic E-state index is 13.4. The predicted octanol–water partition coefficient (Wildman–Crippen LogP) is 4.93. The van der Waals surface area contributed by atoms with Crippen LogP contribution in [0.15, 0.2) is 29.2 Å². The van der Waals surface area contributed by atoms with Crippen LogP contribution in [0.3, 0.4) is 0 Å². The largest absolute Gasteiger partial charge is 0.414 e. The van der Waals surface area contributed by atoms with Crippen LogP contribution in [0.5, 0.6) is 0 Å². The Morgan fingerprint density at radius 3 is 2.30 bits per heavy atom. The highest BCUT2D eigenvalue weighted by Crippen LogP contribution is 2.43. The zero-order valence-corrected chi connectivity index (χ0v) is 22.6. The Morgan fingerprint density at radius 1 is 1.24 bits per heavy atom. The highest BCUT2D eigenvalue weighted by atomic mass is 35.5. The van der Waals surface area contributed by atoms with Crippen LogP contribution >= 0.6 is 11.6 Å². The summed E-state index contributed by atoms with van der Waals surface area (Å²) in [6, 6.07) is 5.00. The number of halogens is 1. The second-order valence-corrected chi connectivity index (χ2v) is 17.7. The summed E-state index contributed by atoms with van der Waals surface area (Å²) in [7, 11) is -5.73. The highest BCUT2D eigenvalue weighted by molar-refractivity contribution is 7.89. The fourth-order valence-electron chi connectivity index (χ4n) is 4.30. The third kappa shape index (κ3) is 5.79. The van der Waals surface area contributed by atoms with Crippen LogP contribution < -0.4 is 0 Å². The number of non-ortho nitro benzene ring substituents is 1. The number of rotatable bonds is 6. The van der Waals surface area contributed by atoms with Crippen LogP contribution in [0.25, 0.3) is 0 Å². The van der Waals surface area contributed by atoms with E-state index in [1.807, 2.05) is 0 Å². The van der Waals surface area contributed by atoms with Crippen LogP contribution in [0, 0.1) is 10.1 Å². The van der Waals surface area contributed by atoms with E-state index in [0.717, 1.165) is 12.8 Å². The molecular weight excluding hydrogens is 484 g/mol. The Kier molecular flexibility index (Phi) is 7.68. The standard InChI is InChI=1S/C22H35ClN2O6SSi/c1-21(2,3)33(4,5)31-18-10-12-22(13-11-18)16-24(15-19(14-23)30-22)32(28,29)20-8-6-17(7-9-20)25(26)27/h6-9,18-19H,10-16H2,1-5H3. The van der Waals surface area contributed by atoms with Gasteiger partial charge in [0.1, 0.15) is 0 Å². The smallest absolute Gasteiger partial charge is 0.269 e. The zero-order chi connectivity index (χ0) is 24.7. The minimum absolute atomic E-state index is 0.0356. The first kappa shape index (κ1) is 26.6. The van der Waals surface area contributed by atoms with Gasteiger partial charge in [-0.05, 0) is 55.9 Å². The van der Waals surface area contributed by atoms with Crippen LogP contribution in [-0.4, -0.2) is 62.7 Å². The highest BCUT2D eigenvalue weighted by Gasteiger charge is 2.48. The molecule has 3 rings (SSSR count). The van der Waals surface area contributed by atoms with Crippen molar-refractivity contribution in [1.29, 1.82) is 0 Å². The number of sulfonamides is 1. The van der Waals surface area contributed by atoms with Gasteiger partial charge in [0.2, 0.25) is 10.0 Å². The molecule has 1 aromatic carbocycles. The Balaban J connectivity index is 1.75. The van der Waals surface area contributed by atoms with Gasteiger partial charge in [-0.15, -0.1) is 11.6 Å². The van der Waals surface area contributed by atoms with E-state index in [1.54, 1.807) is 0 Å². The molecule has 186 valence electrons. The Hall–Kier alpha value is -1.04. The molecule has 1 saturated carbocycles. The molecule has 1 aromatic rings. The lowest BCUT2D eigenvalue weighted by Gasteiger charge is -2.49. The quantitative estimate of drug-likeness (QED) is 0.229. The van der Waals surface area contributed by atoms with Gasteiger partial charge in [-0.25, -0.2) is 8.42 Å². The number of nitro groups is 1. The predicted molar refractivity (Wildman–Crippen MR) is 131 cm³/mol. The van der Waals surface area contributed by atoms with Crippen molar-refractivity contribution in [3.63, 3.8) is 0 Å². The van der Waals surface area contributed by atoms with Gasteiger partial charge in [0.05, 0.1) is 21.5 Å². The minimum Gasteiger partial charge on any atom is -0.414 e. The molecule has 8 nitrogen and oxygen atoms in total. The Bertz CT molecular complexity index is 956. The lowest BCUT2D eigenvalue weighted by Crippen LogP contribution is -2.59. The first-order valence-corrected chi connectivity index (χ1v) is 16.2. The van der Waals surface area contributed by atoms with Crippen molar-refractivity contribution in [2.24, 2.45) is 0 Å². The van der Waals surface area contributed by atoms with Gasteiger partial charge in [0.15, 0.2) is 8.32 Å². The van der Waals surface area contributed by atoms with Crippen molar-refractivity contribution in [2.45, 2.75) is 87.3 Å². The molecule has 1 aliphatic carbocycles. The number of hydrogen-bond acceptors (Lipinski definition) is 6. The second kappa shape index (κ2) is 9.54. The molecular formula is C22H35ClN2O6SSi. The lowest BCUT2D eigenvalue weighted by atomic mass is 9.82. The summed E-state index contributed by atoms with van der Waals surface area (Å²) in [4.78, 5) is 10.4. The number of hydrogen-bond donors (Lipinski definition) is 0. The fourth-order valence-corrected chi connectivity index (χ4v) is 7.43. The van der Waals surface area contributed by atoms with E-state index in [-0.39, 0.29) is 40.7 Å². The summed E-state index contributed by atoms with van der Waals surface area (Å²) < 4.78 is 41.1. The van der Waals surface area contributed by atoms with Crippen LogP contribution in [0.4, 0.5) is 5.69 Å². The average Bonchev–Trinajstić information content (AvgIpc) is 2.74. The number of ether oxygens (including phenoxy) is 1. The van der Waals surface area contributed by atoms with Gasteiger partial charge in [-0.2, -0.15) is 4.31 Å². The van der Waals surface area contributed by atoms with Crippen molar-refractivity contribution < 1.29 is 22.5 Å². The topological polar surface area (TPSA) is 99.0 Å². The maximum Gasteiger partial charge on any atom is 0.269 e. The monoisotopic (exact) mass is 518 g/mol. The first-order chi connectivity index (χ1) is 15.2. The molecule has 1 atom stereocenters. The van der Waals surface area contributed by atoms with E-state index in [2.05, 4.69) is 33.9 Å². The number of benzene rings is 1. The van der Waals surface area contributed by atoms with Crippen molar-refractivity contribution >= 4 is 35.6 Å². The molecule has 1 saturated heterocycles. The molecule has 0 bridgehead atoms. The third-order valence-electron chi connectivity index (χ3n) is 7.26. The number of nitrogens with zero attached hydrogens (tertiary/aromatic N) is 2. The minimum atomic E-state index is -3.84. The summed E-state index contributed by atoms with van der Waals surface area (Å²) in [5, 5.41) is 11.1. The van der Waals surface area contributed by atoms with Gasteiger partial charge < -0.3 is 9.16 Å².